The number of fused-ring (bicyclic) bond motifs is 1. The van der Waals surface area contributed by atoms with E-state index < -0.39 is 0 Å². The van der Waals surface area contributed by atoms with Crippen LogP contribution in [0, 0.1) is 5.92 Å². The first-order valence-corrected chi connectivity index (χ1v) is 16.5. The minimum absolute atomic E-state index is 0.0281. The van der Waals surface area contributed by atoms with Crippen molar-refractivity contribution >= 4 is 22.7 Å². The highest BCUT2D eigenvalue weighted by Gasteiger charge is 2.30. The van der Waals surface area contributed by atoms with Crippen LogP contribution in [-0.2, 0) is 4.74 Å². The number of imidazole rings is 1. The Balaban J connectivity index is 1.26. The molecule has 2 fully saturated rings. The van der Waals surface area contributed by atoms with E-state index >= 15 is 0 Å². The third-order valence-corrected chi connectivity index (χ3v) is 9.76. The maximum atomic E-state index is 13.9. The van der Waals surface area contributed by atoms with Crippen molar-refractivity contribution in [1.29, 1.82) is 0 Å². The third-order valence-electron chi connectivity index (χ3n) is 9.76. The van der Waals surface area contributed by atoms with Crippen LogP contribution in [0.5, 0.6) is 0 Å². The number of methoxy groups -OCH3 is 1. The lowest BCUT2D eigenvalue weighted by Crippen LogP contribution is -2.48. The first-order chi connectivity index (χ1) is 22.0. The van der Waals surface area contributed by atoms with Gasteiger partial charge in [0.1, 0.15) is 0 Å². The van der Waals surface area contributed by atoms with E-state index in [9.17, 15) is 9.59 Å². The maximum absolute atomic E-state index is 13.9. The fourth-order valence-corrected chi connectivity index (χ4v) is 7.09. The lowest BCUT2D eigenvalue weighted by molar-refractivity contribution is 0.0745. The summed E-state index contributed by atoms with van der Waals surface area (Å²) in [7, 11) is 3.48. The number of ether oxygens (including phenoxy) is 1. The normalized spacial score (nSPS) is 17.0. The Bertz CT molecular complexity index is 1560. The number of likely N-dealkylation sites (N-methyl/N-ethyl adjacent to an activating group) is 1. The second kappa shape index (κ2) is 14.3. The van der Waals surface area contributed by atoms with Crippen molar-refractivity contribution in [3.05, 3.63) is 78.6 Å². The van der Waals surface area contributed by atoms with Crippen LogP contribution < -0.4 is 5.32 Å². The molecule has 3 heterocycles. The number of urea groups is 1. The Morgan fingerprint density at radius 3 is 2.56 bits per heavy atom. The fourth-order valence-electron chi connectivity index (χ4n) is 7.09. The van der Waals surface area contributed by atoms with E-state index in [1.165, 1.54) is 19.3 Å². The minimum Gasteiger partial charge on any atom is -0.383 e. The van der Waals surface area contributed by atoms with E-state index in [-0.39, 0.29) is 18.0 Å². The molecule has 2 N–H and O–H groups in total. The van der Waals surface area contributed by atoms with Gasteiger partial charge < -0.3 is 29.4 Å². The van der Waals surface area contributed by atoms with Crippen LogP contribution in [0.1, 0.15) is 73.5 Å². The molecule has 0 bridgehead atoms. The summed E-state index contributed by atoms with van der Waals surface area (Å²) < 4.78 is 7.47. The van der Waals surface area contributed by atoms with Gasteiger partial charge >= 0.3 is 6.03 Å². The molecule has 1 unspecified atom stereocenters. The summed E-state index contributed by atoms with van der Waals surface area (Å²) in [5.41, 5.74) is 3.64. The number of rotatable bonds is 10. The molecule has 2 aromatic heterocycles. The molecule has 0 radical (unpaired) electrons. The van der Waals surface area contributed by atoms with E-state index in [4.69, 9.17) is 4.74 Å². The summed E-state index contributed by atoms with van der Waals surface area (Å²) in [5, 5.41) is 5.54. The number of aromatic amines is 1. The number of aromatic nitrogens is 3. The molecule has 0 spiro atoms. The Hall–Kier alpha value is -4.11. The fraction of sp³-hybridized carbons (Fsp3) is 0.472. The summed E-state index contributed by atoms with van der Waals surface area (Å²) in [6, 6.07) is 15.0. The summed E-state index contributed by atoms with van der Waals surface area (Å²) >= 11 is 0. The van der Waals surface area contributed by atoms with Crippen LogP contribution in [0.4, 0.5) is 4.79 Å². The molecule has 2 aromatic carbocycles. The molecule has 4 aromatic rings. The van der Waals surface area contributed by atoms with Crippen molar-refractivity contribution in [2.45, 2.75) is 63.5 Å². The van der Waals surface area contributed by atoms with Gasteiger partial charge in [0.15, 0.2) is 0 Å². The predicted octanol–water partition coefficient (Wildman–Crippen LogP) is 6.48. The van der Waals surface area contributed by atoms with Crippen LogP contribution in [0.3, 0.4) is 0 Å². The molecule has 1 saturated heterocycles. The van der Waals surface area contributed by atoms with Gasteiger partial charge in [-0.05, 0) is 54.4 Å². The number of likely N-dealkylation sites (tertiary alicyclic amines) is 1. The van der Waals surface area contributed by atoms with Gasteiger partial charge in [-0.25, -0.2) is 9.78 Å². The van der Waals surface area contributed by atoms with Crippen LogP contribution in [0.15, 0.2) is 67.4 Å². The number of H-pyrrole nitrogens is 1. The van der Waals surface area contributed by atoms with Crippen molar-refractivity contribution in [1.82, 2.24) is 29.7 Å². The van der Waals surface area contributed by atoms with Crippen molar-refractivity contribution in [2.75, 3.05) is 40.4 Å². The SMILES string of the molecule is COCCN(C)C(=O)c1cn(C(CC2CCN(C(=O)NC3CCCCC3)CC2)c2cnc[nH]2)cc1-c1cccc2ccccc12. The number of carbonyl (C=O) groups excluding carboxylic acids is 2. The van der Waals surface area contributed by atoms with Crippen molar-refractivity contribution in [2.24, 2.45) is 5.92 Å². The smallest absolute Gasteiger partial charge is 0.317 e. The number of carbonyl (C=O) groups is 2. The van der Waals surface area contributed by atoms with Gasteiger partial charge in [0.2, 0.25) is 0 Å². The van der Waals surface area contributed by atoms with Crippen LogP contribution in [0.2, 0.25) is 0 Å². The molecular weight excluding hydrogens is 564 g/mol. The quantitative estimate of drug-likeness (QED) is 0.215. The van der Waals surface area contributed by atoms with E-state index in [2.05, 4.69) is 56.4 Å². The lowest BCUT2D eigenvalue weighted by Gasteiger charge is -2.35. The summed E-state index contributed by atoms with van der Waals surface area (Å²) in [5.74, 6) is 0.401. The van der Waals surface area contributed by atoms with Gasteiger partial charge in [-0.2, -0.15) is 0 Å². The number of piperidine rings is 1. The highest BCUT2D eigenvalue weighted by atomic mass is 16.5. The lowest BCUT2D eigenvalue weighted by atomic mass is 9.89. The average molecular weight is 611 g/mol. The number of nitrogens with zero attached hydrogens (tertiary/aromatic N) is 4. The molecule has 9 heteroatoms. The maximum Gasteiger partial charge on any atom is 0.317 e. The second-order valence-corrected chi connectivity index (χ2v) is 12.8. The highest BCUT2D eigenvalue weighted by molar-refractivity contribution is 6.06. The van der Waals surface area contributed by atoms with Crippen LogP contribution in [-0.4, -0.2) is 82.7 Å². The van der Waals surface area contributed by atoms with Gasteiger partial charge in [-0.15, -0.1) is 0 Å². The van der Waals surface area contributed by atoms with Gasteiger partial charge in [0.25, 0.3) is 5.91 Å². The van der Waals surface area contributed by atoms with Crippen molar-refractivity contribution < 1.29 is 14.3 Å². The monoisotopic (exact) mass is 610 g/mol. The summed E-state index contributed by atoms with van der Waals surface area (Å²) in [4.78, 5) is 38.4. The first-order valence-electron chi connectivity index (χ1n) is 16.5. The number of benzene rings is 2. The third kappa shape index (κ3) is 7.09. The molecule has 1 atom stereocenters. The van der Waals surface area contributed by atoms with Gasteiger partial charge in [0, 0.05) is 57.8 Å². The molecule has 1 saturated carbocycles. The Morgan fingerprint density at radius 1 is 1.02 bits per heavy atom. The largest absolute Gasteiger partial charge is 0.383 e. The Kier molecular flexibility index (Phi) is 9.84. The standard InChI is InChI=1S/C36H46N6O3/c1-40(19-20-45-2)35(43)32-24-42(23-31(32)30-14-8-10-27-9-6-7-13-29(27)30)34(33-22-37-25-38-33)21-26-15-17-41(18-16-26)36(44)39-28-11-4-3-5-12-28/h6-10,13-14,22-26,28,34H,3-5,11-12,15-21H2,1-2H3,(H,37,38)(H,39,44). The number of hydrogen-bond donors (Lipinski definition) is 2. The second-order valence-electron chi connectivity index (χ2n) is 12.8. The van der Waals surface area contributed by atoms with Crippen LogP contribution in [0.25, 0.3) is 21.9 Å². The zero-order chi connectivity index (χ0) is 31.2. The summed E-state index contributed by atoms with van der Waals surface area (Å²) in [6.45, 7) is 2.51. The summed E-state index contributed by atoms with van der Waals surface area (Å²) in [6.07, 6.45) is 16.4. The molecule has 3 amide bonds. The molecule has 2 aliphatic rings. The molecular formula is C36H46N6O3. The first kappa shape index (κ1) is 30.9. The molecule has 238 valence electrons. The van der Waals surface area contributed by atoms with Gasteiger partial charge in [-0.3, -0.25) is 4.79 Å². The van der Waals surface area contributed by atoms with Gasteiger partial charge in [0.05, 0.1) is 36.4 Å². The Labute approximate surface area is 266 Å². The zero-order valence-electron chi connectivity index (χ0n) is 26.6. The zero-order valence-corrected chi connectivity index (χ0v) is 26.6. The van der Waals surface area contributed by atoms with E-state index in [0.717, 1.165) is 72.8 Å². The molecule has 45 heavy (non-hydrogen) atoms. The van der Waals surface area contributed by atoms with E-state index in [0.29, 0.717) is 30.7 Å². The highest BCUT2D eigenvalue weighted by Crippen LogP contribution is 2.37. The predicted molar refractivity (Wildman–Crippen MR) is 177 cm³/mol. The van der Waals surface area contributed by atoms with Crippen LogP contribution >= 0.6 is 0 Å². The molecule has 9 nitrogen and oxygen atoms in total. The van der Waals surface area contributed by atoms with Crippen molar-refractivity contribution in [3.63, 3.8) is 0 Å². The molecule has 6 rings (SSSR count). The van der Waals surface area contributed by atoms with E-state index in [1.54, 1.807) is 18.3 Å². The molecule has 1 aliphatic heterocycles. The van der Waals surface area contributed by atoms with Crippen molar-refractivity contribution in [3.8, 4) is 11.1 Å². The number of nitrogens with one attached hydrogen (secondary N) is 2. The topological polar surface area (TPSA) is 95.5 Å². The van der Waals surface area contributed by atoms with Gasteiger partial charge in [-0.1, -0.05) is 61.7 Å². The minimum atomic E-state index is -0.0330. The Morgan fingerprint density at radius 2 is 1.80 bits per heavy atom. The van der Waals surface area contributed by atoms with E-state index in [1.807, 2.05) is 36.5 Å². The average Bonchev–Trinajstić information content (AvgIpc) is 3.77. The molecule has 1 aliphatic carbocycles. The number of amides is 3. The number of hydrogen-bond acceptors (Lipinski definition) is 4.